The predicted molar refractivity (Wildman–Crippen MR) is 83.7 cm³/mol. The summed E-state index contributed by atoms with van der Waals surface area (Å²) < 4.78 is 10.6. The number of aryl methyl sites for hydroxylation is 2. The molecule has 0 spiro atoms. The van der Waals surface area contributed by atoms with E-state index in [1.165, 1.54) is 0 Å². The van der Waals surface area contributed by atoms with Gasteiger partial charge in [-0.05, 0) is 38.5 Å². The van der Waals surface area contributed by atoms with Crippen LogP contribution < -0.4 is 15.4 Å². The lowest BCUT2D eigenvalue weighted by Crippen LogP contribution is -2.34. The summed E-state index contributed by atoms with van der Waals surface area (Å²) >= 11 is 0. The normalized spacial score (nSPS) is 16.3. The molecule has 0 saturated carbocycles. The zero-order chi connectivity index (χ0) is 16.6. The van der Waals surface area contributed by atoms with Crippen molar-refractivity contribution in [1.29, 1.82) is 0 Å². The fourth-order valence-electron chi connectivity index (χ4n) is 2.43. The maximum Gasteiger partial charge on any atom is 0.265 e. The fourth-order valence-corrected chi connectivity index (χ4v) is 2.43. The van der Waals surface area contributed by atoms with Crippen molar-refractivity contribution in [2.45, 2.75) is 33.3 Å². The average molecular weight is 315 g/mol. The van der Waals surface area contributed by atoms with Gasteiger partial charge in [0.25, 0.3) is 11.8 Å². The Balaban J connectivity index is 1.84. The number of hydrogen-bond donors (Lipinski definition) is 2. The number of anilines is 2. The minimum absolute atomic E-state index is 0.218. The lowest BCUT2D eigenvalue weighted by atomic mass is 10.1. The largest absolute Gasteiger partial charge is 0.479 e. The summed E-state index contributed by atoms with van der Waals surface area (Å²) in [5.74, 6) is 0.536. The Hall–Kier alpha value is -2.83. The number of rotatable bonds is 3. The molecule has 0 saturated heterocycles. The van der Waals surface area contributed by atoms with Crippen molar-refractivity contribution in [3.8, 4) is 5.75 Å². The number of aromatic nitrogens is 1. The lowest BCUT2D eigenvalue weighted by Gasteiger charge is -2.23. The van der Waals surface area contributed by atoms with Gasteiger partial charge in [-0.15, -0.1) is 0 Å². The van der Waals surface area contributed by atoms with Gasteiger partial charge in [-0.25, -0.2) is 0 Å². The standard InChI is InChI=1S/C16H17N3O4/c1-4-11-14(8(2)23-19-11)16(21)17-10-5-6-13-12(7-10)18-15(20)9(3)22-13/h5-7,9H,4H2,1-3H3,(H,17,21)(H,18,20). The number of benzene rings is 1. The number of hydrogen-bond acceptors (Lipinski definition) is 5. The minimum Gasteiger partial charge on any atom is -0.479 e. The summed E-state index contributed by atoms with van der Waals surface area (Å²) in [4.78, 5) is 24.1. The van der Waals surface area contributed by atoms with Crippen LogP contribution in [-0.4, -0.2) is 23.1 Å². The zero-order valence-electron chi connectivity index (χ0n) is 13.1. The second-order valence-electron chi connectivity index (χ2n) is 5.33. The first kappa shape index (κ1) is 15.1. The smallest absolute Gasteiger partial charge is 0.265 e. The summed E-state index contributed by atoms with van der Waals surface area (Å²) in [6, 6.07) is 5.09. The first-order chi connectivity index (χ1) is 11.0. The Morgan fingerprint density at radius 3 is 2.96 bits per heavy atom. The van der Waals surface area contributed by atoms with Gasteiger partial charge in [0.15, 0.2) is 6.10 Å². The SMILES string of the molecule is CCc1noc(C)c1C(=O)Nc1ccc2c(c1)NC(=O)C(C)O2. The highest BCUT2D eigenvalue weighted by molar-refractivity contribution is 6.06. The van der Waals surface area contributed by atoms with Gasteiger partial charge in [-0.2, -0.15) is 0 Å². The van der Waals surface area contributed by atoms with Gasteiger partial charge in [0.2, 0.25) is 0 Å². The number of carbonyl (C=O) groups excluding carboxylic acids is 2. The molecule has 2 N–H and O–H groups in total. The van der Waals surface area contributed by atoms with Crippen LogP contribution in [0.4, 0.5) is 11.4 Å². The van der Waals surface area contributed by atoms with Crippen LogP contribution in [0.1, 0.15) is 35.7 Å². The Bertz CT molecular complexity index is 782. The van der Waals surface area contributed by atoms with Gasteiger partial charge in [0, 0.05) is 5.69 Å². The molecule has 120 valence electrons. The first-order valence-electron chi connectivity index (χ1n) is 7.37. The van der Waals surface area contributed by atoms with Crippen molar-refractivity contribution in [2.24, 2.45) is 0 Å². The van der Waals surface area contributed by atoms with E-state index in [-0.39, 0.29) is 11.8 Å². The Labute approximate surface area is 133 Å². The van der Waals surface area contributed by atoms with E-state index in [9.17, 15) is 9.59 Å². The quantitative estimate of drug-likeness (QED) is 0.907. The molecule has 3 rings (SSSR count). The first-order valence-corrected chi connectivity index (χ1v) is 7.37. The third-order valence-corrected chi connectivity index (χ3v) is 3.66. The van der Waals surface area contributed by atoms with Gasteiger partial charge in [-0.3, -0.25) is 9.59 Å². The molecule has 1 aromatic heterocycles. The number of fused-ring (bicyclic) bond motifs is 1. The molecule has 1 aromatic carbocycles. The highest BCUT2D eigenvalue weighted by atomic mass is 16.5. The molecule has 1 aliphatic heterocycles. The minimum atomic E-state index is -0.533. The average Bonchev–Trinajstić information content (AvgIpc) is 2.89. The number of nitrogens with zero attached hydrogens (tertiary/aromatic N) is 1. The zero-order valence-corrected chi connectivity index (χ0v) is 13.1. The van der Waals surface area contributed by atoms with Gasteiger partial charge in [0.1, 0.15) is 17.1 Å². The van der Waals surface area contributed by atoms with Crippen LogP contribution in [0, 0.1) is 6.92 Å². The van der Waals surface area contributed by atoms with Crippen LogP contribution >= 0.6 is 0 Å². The van der Waals surface area contributed by atoms with Crippen molar-refractivity contribution in [1.82, 2.24) is 5.16 Å². The summed E-state index contributed by atoms with van der Waals surface area (Å²) in [6.45, 7) is 5.28. The topological polar surface area (TPSA) is 93.5 Å². The highest BCUT2D eigenvalue weighted by Gasteiger charge is 2.24. The molecule has 1 aliphatic rings. The molecule has 23 heavy (non-hydrogen) atoms. The van der Waals surface area contributed by atoms with E-state index in [2.05, 4.69) is 15.8 Å². The third-order valence-electron chi connectivity index (χ3n) is 3.66. The van der Waals surface area contributed by atoms with Crippen LogP contribution in [0.3, 0.4) is 0 Å². The van der Waals surface area contributed by atoms with E-state index in [0.29, 0.717) is 40.6 Å². The van der Waals surface area contributed by atoms with Crippen molar-refractivity contribution >= 4 is 23.2 Å². The van der Waals surface area contributed by atoms with Crippen LogP contribution in [0.25, 0.3) is 0 Å². The van der Waals surface area contributed by atoms with Gasteiger partial charge in [0.05, 0.1) is 11.4 Å². The molecular formula is C16H17N3O4. The van der Waals surface area contributed by atoms with E-state index in [0.717, 1.165) is 0 Å². The Kier molecular flexibility index (Phi) is 3.77. The van der Waals surface area contributed by atoms with Crippen molar-refractivity contribution in [3.05, 3.63) is 35.2 Å². The number of carbonyl (C=O) groups is 2. The monoisotopic (exact) mass is 315 g/mol. The van der Waals surface area contributed by atoms with Crippen LogP contribution in [0.5, 0.6) is 5.75 Å². The van der Waals surface area contributed by atoms with Crippen molar-refractivity contribution in [3.63, 3.8) is 0 Å². The third kappa shape index (κ3) is 2.77. The van der Waals surface area contributed by atoms with E-state index in [1.807, 2.05) is 6.92 Å². The summed E-state index contributed by atoms with van der Waals surface area (Å²) in [5, 5.41) is 9.41. The maximum absolute atomic E-state index is 12.4. The van der Waals surface area contributed by atoms with Crippen LogP contribution in [-0.2, 0) is 11.2 Å². The molecule has 2 amide bonds. The van der Waals surface area contributed by atoms with E-state index in [1.54, 1.807) is 32.0 Å². The molecule has 7 nitrogen and oxygen atoms in total. The second-order valence-corrected chi connectivity index (χ2v) is 5.33. The number of nitrogens with one attached hydrogen (secondary N) is 2. The van der Waals surface area contributed by atoms with Gasteiger partial charge in [-0.1, -0.05) is 12.1 Å². The van der Waals surface area contributed by atoms with E-state index in [4.69, 9.17) is 9.26 Å². The molecule has 2 heterocycles. The Morgan fingerprint density at radius 2 is 2.22 bits per heavy atom. The van der Waals surface area contributed by atoms with Crippen LogP contribution in [0.2, 0.25) is 0 Å². The molecule has 2 aromatic rings. The van der Waals surface area contributed by atoms with E-state index >= 15 is 0 Å². The molecule has 0 radical (unpaired) electrons. The molecule has 0 aliphatic carbocycles. The molecule has 0 bridgehead atoms. The number of amides is 2. The molecular weight excluding hydrogens is 298 g/mol. The molecule has 7 heteroatoms. The summed E-state index contributed by atoms with van der Waals surface area (Å²) in [5.41, 5.74) is 2.14. The second kappa shape index (κ2) is 5.75. The highest BCUT2D eigenvalue weighted by Crippen LogP contribution is 2.32. The van der Waals surface area contributed by atoms with Gasteiger partial charge >= 0.3 is 0 Å². The van der Waals surface area contributed by atoms with Crippen molar-refractivity contribution in [2.75, 3.05) is 10.6 Å². The van der Waals surface area contributed by atoms with E-state index < -0.39 is 6.10 Å². The predicted octanol–water partition coefficient (Wildman–Crippen LogP) is 2.52. The molecule has 1 unspecified atom stereocenters. The summed E-state index contributed by atoms with van der Waals surface area (Å²) in [7, 11) is 0. The number of ether oxygens (including phenoxy) is 1. The summed E-state index contributed by atoms with van der Waals surface area (Å²) in [6.07, 6.45) is 0.0706. The van der Waals surface area contributed by atoms with Crippen molar-refractivity contribution < 1.29 is 18.8 Å². The fraction of sp³-hybridized carbons (Fsp3) is 0.312. The molecule has 0 fully saturated rings. The van der Waals surface area contributed by atoms with Crippen LogP contribution in [0.15, 0.2) is 22.7 Å². The molecule has 1 atom stereocenters. The van der Waals surface area contributed by atoms with Gasteiger partial charge < -0.3 is 19.9 Å². The maximum atomic E-state index is 12.4. The lowest BCUT2D eigenvalue weighted by molar-refractivity contribution is -0.122. The Morgan fingerprint density at radius 1 is 1.43 bits per heavy atom.